The van der Waals surface area contributed by atoms with Crippen LogP contribution >= 0.6 is 0 Å². The first-order valence-electron chi connectivity index (χ1n) is 5.67. The summed E-state index contributed by atoms with van der Waals surface area (Å²) in [6.45, 7) is 2.13. The van der Waals surface area contributed by atoms with Crippen LogP contribution in [0.4, 0.5) is 5.82 Å². The number of terminal acetylenes is 1. The zero-order chi connectivity index (χ0) is 11.4. The molecule has 1 aliphatic rings. The second-order valence-electron chi connectivity index (χ2n) is 4.22. The molecule has 0 aromatic carbocycles. The molecule has 0 aliphatic heterocycles. The first-order chi connectivity index (χ1) is 7.85. The van der Waals surface area contributed by atoms with E-state index in [0.717, 1.165) is 23.8 Å². The Morgan fingerprint density at radius 3 is 3.00 bits per heavy atom. The van der Waals surface area contributed by atoms with E-state index in [4.69, 9.17) is 12.2 Å². The van der Waals surface area contributed by atoms with E-state index >= 15 is 0 Å². The summed E-state index contributed by atoms with van der Waals surface area (Å²) in [4.78, 5) is 6.57. The molecule has 1 fully saturated rings. The van der Waals surface area contributed by atoms with Crippen molar-refractivity contribution in [1.82, 2.24) is 4.98 Å². The normalized spacial score (nSPS) is 14.5. The first-order valence-corrected chi connectivity index (χ1v) is 5.67. The number of nitrogens with zero attached hydrogens (tertiary/aromatic N) is 2. The Hall–Kier alpha value is -1.53. The maximum Gasteiger partial charge on any atom is 0.133 e. The first kappa shape index (κ1) is 11.0. The topological polar surface area (TPSA) is 42.2 Å². The lowest BCUT2D eigenvalue weighted by molar-refractivity contribution is 0.749. The van der Waals surface area contributed by atoms with Gasteiger partial charge in [-0.1, -0.05) is 12.0 Å². The fraction of sp³-hybridized carbons (Fsp3) is 0.462. The largest absolute Gasteiger partial charge is 0.345 e. The van der Waals surface area contributed by atoms with Crippen molar-refractivity contribution in [2.75, 3.05) is 18.0 Å². The molecule has 0 amide bonds. The van der Waals surface area contributed by atoms with Crippen molar-refractivity contribution >= 4 is 5.82 Å². The minimum atomic E-state index is 0.509. The molecule has 0 radical (unpaired) electrons. The summed E-state index contributed by atoms with van der Waals surface area (Å²) in [5.74, 6) is 4.44. The molecule has 3 heteroatoms. The number of rotatable bonds is 5. The maximum absolute atomic E-state index is 5.71. The highest BCUT2D eigenvalue weighted by atomic mass is 15.2. The van der Waals surface area contributed by atoms with Gasteiger partial charge in [-0.05, 0) is 24.8 Å². The number of hydrogen-bond acceptors (Lipinski definition) is 3. The Bertz CT molecular complexity index is 390. The van der Waals surface area contributed by atoms with Gasteiger partial charge in [-0.3, -0.25) is 0 Å². The summed E-state index contributed by atoms with van der Waals surface area (Å²) < 4.78 is 0. The average Bonchev–Trinajstić information content (AvgIpc) is 3.12. The lowest BCUT2D eigenvalue weighted by Gasteiger charge is -2.23. The van der Waals surface area contributed by atoms with Crippen LogP contribution in [0.25, 0.3) is 0 Å². The van der Waals surface area contributed by atoms with Crippen molar-refractivity contribution in [2.24, 2.45) is 11.7 Å². The monoisotopic (exact) mass is 215 g/mol. The summed E-state index contributed by atoms with van der Waals surface area (Å²) in [5, 5.41) is 0. The molecule has 84 valence electrons. The summed E-state index contributed by atoms with van der Waals surface area (Å²) in [6, 6.07) is 3.93. The third kappa shape index (κ3) is 2.53. The summed E-state index contributed by atoms with van der Waals surface area (Å²) in [5.41, 5.74) is 6.78. The van der Waals surface area contributed by atoms with Gasteiger partial charge < -0.3 is 10.6 Å². The minimum Gasteiger partial charge on any atom is -0.345 e. The summed E-state index contributed by atoms with van der Waals surface area (Å²) in [6.07, 6.45) is 9.82. The Balaban J connectivity index is 2.18. The van der Waals surface area contributed by atoms with E-state index in [0.29, 0.717) is 13.1 Å². The standard InChI is InChI=1S/C13H17N3/c1-2-8-16(10-11-5-6-11)13-12(9-14)4-3-7-15-13/h1,3-4,7,11H,5-6,8-10,14H2. The van der Waals surface area contributed by atoms with Crippen LogP contribution < -0.4 is 10.6 Å². The quantitative estimate of drug-likeness (QED) is 0.755. The number of hydrogen-bond donors (Lipinski definition) is 1. The summed E-state index contributed by atoms with van der Waals surface area (Å²) >= 11 is 0. The van der Waals surface area contributed by atoms with Gasteiger partial charge in [-0.2, -0.15) is 0 Å². The van der Waals surface area contributed by atoms with Gasteiger partial charge in [0.1, 0.15) is 5.82 Å². The third-order valence-corrected chi connectivity index (χ3v) is 2.84. The molecule has 1 aromatic rings. The van der Waals surface area contributed by atoms with Crippen LogP contribution in [0.5, 0.6) is 0 Å². The molecular formula is C13H17N3. The molecule has 3 nitrogen and oxygen atoms in total. The second kappa shape index (κ2) is 5.00. The van der Waals surface area contributed by atoms with Crippen LogP contribution in [0.15, 0.2) is 18.3 Å². The van der Waals surface area contributed by atoms with E-state index in [1.165, 1.54) is 12.8 Å². The lowest BCUT2D eigenvalue weighted by Crippen LogP contribution is -2.28. The van der Waals surface area contributed by atoms with Gasteiger partial charge in [0.15, 0.2) is 0 Å². The molecule has 0 bridgehead atoms. The molecule has 1 saturated carbocycles. The number of nitrogens with two attached hydrogens (primary N) is 1. The van der Waals surface area contributed by atoms with E-state index < -0.39 is 0 Å². The average molecular weight is 215 g/mol. The molecular weight excluding hydrogens is 198 g/mol. The highest BCUT2D eigenvalue weighted by molar-refractivity contribution is 5.47. The van der Waals surface area contributed by atoms with Gasteiger partial charge in [-0.25, -0.2) is 4.98 Å². The van der Waals surface area contributed by atoms with Crippen molar-refractivity contribution in [2.45, 2.75) is 19.4 Å². The Kier molecular flexibility index (Phi) is 3.43. The molecule has 0 saturated heterocycles. The Morgan fingerprint density at radius 1 is 1.56 bits per heavy atom. The molecule has 0 unspecified atom stereocenters. The van der Waals surface area contributed by atoms with Crippen LogP contribution in [0.3, 0.4) is 0 Å². The molecule has 1 aliphatic carbocycles. The molecule has 2 rings (SSSR count). The van der Waals surface area contributed by atoms with E-state index in [-0.39, 0.29) is 0 Å². The van der Waals surface area contributed by atoms with Gasteiger partial charge in [0, 0.05) is 24.8 Å². The summed E-state index contributed by atoms with van der Waals surface area (Å²) in [7, 11) is 0. The van der Waals surface area contributed by atoms with Gasteiger partial charge in [0.2, 0.25) is 0 Å². The van der Waals surface area contributed by atoms with Gasteiger partial charge in [0.25, 0.3) is 0 Å². The van der Waals surface area contributed by atoms with E-state index in [2.05, 4.69) is 15.8 Å². The fourth-order valence-electron chi connectivity index (χ4n) is 1.82. The number of pyridine rings is 1. The van der Waals surface area contributed by atoms with Crippen molar-refractivity contribution < 1.29 is 0 Å². The molecule has 0 spiro atoms. The van der Waals surface area contributed by atoms with Crippen LogP contribution in [-0.4, -0.2) is 18.1 Å². The maximum atomic E-state index is 5.71. The number of anilines is 1. The van der Waals surface area contributed by atoms with Crippen LogP contribution in [-0.2, 0) is 6.54 Å². The highest BCUT2D eigenvalue weighted by Gasteiger charge is 2.25. The third-order valence-electron chi connectivity index (χ3n) is 2.84. The van der Waals surface area contributed by atoms with Gasteiger partial charge >= 0.3 is 0 Å². The van der Waals surface area contributed by atoms with Gasteiger partial charge in [0.05, 0.1) is 6.54 Å². The molecule has 1 heterocycles. The van der Waals surface area contributed by atoms with Crippen molar-refractivity contribution in [3.05, 3.63) is 23.9 Å². The predicted octanol–water partition coefficient (Wildman–Crippen LogP) is 1.39. The minimum absolute atomic E-state index is 0.509. The molecule has 16 heavy (non-hydrogen) atoms. The van der Waals surface area contributed by atoms with E-state index in [1.54, 1.807) is 6.20 Å². The Labute approximate surface area is 96.7 Å². The van der Waals surface area contributed by atoms with Crippen LogP contribution in [0.1, 0.15) is 18.4 Å². The predicted molar refractivity (Wildman–Crippen MR) is 65.9 cm³/mol. The second-order valence-corrected chi connectivity index (χ2v) is 4.22. The van der Waals surface area contributed by atoms with Crippen molar-refractivity contribution in [3.63, 3.8) is 0 Å². The van der Waals surface area contributed by atoms with Crippen molar-refractivity contribution in [1.29, 1.82) is 0 Å². The zero-order valence-corrected chi connectivity index (χ0v) is 9.39. The molecule has 2 N–H and O–H groups in total. The lowest BCUT2D eigenvalue weighted by atomic mass is 10.2. The highest BCUT2D eigenvalue weighted by Crippen LogP contribution is 2.31. The zero-order valence-electron chi connectivity index (χ0n) is 9.39. The molecule has 1 aromatic heterocycles. The Morgan fingerprint density at radius 2 is 2.38 bits per heavy atom. The smallest absolute Gasteiger partial charge is 0.133 e. The molecule has 0 atom stereocenters. The van der Waals surface area contributed by atoms with E-state index in [9.17, 15) is 0 Å². The van der Waals surface area contributed by atoms with Crippen LogP contribution in [0, 0.1) is 18.3 Å². The van der Waals surface area contributed by atoms with E-state index in [1.807, 2.05) is 12.1 Å². The van der Waals surface area contributed by atoms with Gasteiger partial charge in [-0.15, -0.1) is 6.42 Å². The SMILES string of the molecule is C#CCN(CC1CC1)c1ncccc1CN. The fourth-order valence-corrected chi connectivity index (χ4v) is 1.82. The number of aromatic nitrogens is 1. The van der Waals surface area contributed by atoms with Crippen molar-refractivity contribution in [3.8, 4) is 12.3 Å². The van der Waals surface area contributed by atoms with Crippen LogP contribution in [0.2, 0.25) is 0 Å².